The van der Waals surface area contributed by atoms with Crippen molar-refractivity contribution in [1.29, 1.82) is 0 Å². The zero-order chi connectivity index (χ0) is 14.4. The summed E-state index contributed by atoms with van der Waals surface area (Å²) in [6, 6.07) is 6.72. The van der Waals surface area contributed by atoms with E-state index in [1.54, 1.807) is 24.3 Å². The smallest absolute Gasteiger partial charge is 0.233 e. The Labute approximate surface area is 122 Å². The van der Waals surface area contributed by atoms with Crippen LogP contribution >= 0.6 is 11.6 Å². The van der Waals surface area contributed by atoms with Gasteiger partial charge in [-0.3, -0.25) is 9.59 Å². The topological polar surface area (TPSA) is 67.4 Å². The molecule has 1 fully saturated rings. The van der Waals surface area contributed by atoms with Crippen LogP contribution < -0.4 is 10.6 Å². The summed E-state index contributed by atoms with van der Waals surface area (Å²) in [6.45, 7) is 1.21. The Morgan fingerprint density at radius 2 is 2.00 bits per heavy atom. The van der Waals surface area contributed by atoms with Gasteiger partial charge in [-0.1, -0.05) is 11.6 Å². The van der Waals surface area contributed by atoms with E-state index in [0.29, 0.717) is 17.3 Å². The van der Waals surface area contributed by atoms with Crippen molar-refractivity contribution in [3.63, 3.8) is 0 Å². The first kappa shape index (κ1) is 14.8. The van der Waals surface area contributed by atoms with E-state index < -0.39 is 0 Å². The quantitative estimate of drug-likeness (QED) is 0.816. The van der Waals surface area contributed by atoms with Crippen LogP contribution in [0.5, 0.6) is 0 Å². The first-order valence-corrected chi connectivity index (χ1v) is 6.95. The van der Waals surface area contributed by atoms with Gasteiger partial charge in [-0.25, -0.2) is 0 Å². The molecule has 5 nitrogen and oxygen atoms in total. The number of anilines is 1. The van der Waals surface area contributed by atoms with Gasteiger partial charge in [0.2, 0.25) is 11.8 Å². The number of hydrogen-bond acceptors (Lipinski definition) is 3. The zero-order valence-corrected chi connectivity index (χ0v) is 11.8. The number of benzene rings is 1. The fourth-order valence-corrected chi connectivity index (χ4v) is 2.11. The van der Waals surface area contributed by atoms with Crippen LogP contribution in [0.2, 0.25) is 5.02 Å². The standard InChI is InChI=1S/C14H17ClN2O3/c15-10-3-5-11(6-4-10)17-14(19)8-13(18)16-9-12-2-1-7-20-12/h3-6,12H,1-2,7-9H2,(H,16,18)(H,17,19). The van der Waals surface area contributed by atoms with Gasteiger partial charge in [-0.15, -0.1) is 0 Å². The van der Waals surface area contributed by atoms with Crippen LogP contribution in [0.25, 0.3) is 0 Å². The third kappa shape index (κ3) is 4.83. The Hall–Kier alpha value is -1.59. The van der Waals surface area contributed by atoms with Gasteiger partial charge in [0.15, 0.2) is 0 Å². The van der Waals surface area contributed by atoms with Crippen molar-refractivity contribution in [2.75, 3.05) is 18.5 Å². The number of ether oxygens (including phenoxy) is 1. The zero-order valence-electron chi connectivity index (χ0n) is 11.0. The highest BCUT2D eigenvalue weighted by atomic mass is 35.5. The Morgan fingerprint density at radius 3 is 2.65 bits per heavy atom. The lowest BCUT2D eigenvalue weighted by Crippen LogP contribution is -2.34. The van der Waals surface area contributed by atoms with Gasteiger partial charge in [0.05, 0.1) is 6.10 Å². The van der Waals surface area contributed by atoms with Gasteiger partial charge in [0.25, 0.3) is 0 Å². The summed E-state index contributed by atoms with van der Waals surface area (Å²) in [5.41, 5.74) is 0.617. The van der Waals surface area contributed by atoms with E-state index in [1.165, 1.54) is 0 Å². The fourth-order valence-electron chi connectivity index (χ4n) is 1.98. The summed E-state index contributed by atoms with van der Waals surface area (Å²) < 4.78 is 5.39. The van der Waals surface area contributed by atoms with Gasteiger partial charge < -0.3 is 15.4 Å². The maximum absolute atomic E-state index is 11.7. The second kappa shape index (κ2) is 7.26. The molecule has 0 aliphatic carbocycles. The molecule has 0 radical (unpaired) electrons. The van der Waals surface area contributed by atoms with E-state index in [9.17, 15) is 9.59 Å². The molecular formula is C14H17ClN2O3. The van der Waals surface area contributed by atoms with Crippen LogP contribution in [0.15, 0.2) is 24.3 Å². The van der Waals surface area contributed by atoms with Crippen LogP contribution in [0.4, 0.5) is 5.69 Å². The first-order chi connectivity index (χ1) is 9.63. The van der Waals surface area contributed by atoms with Gasteiger partial charge in [-0.2, -0.15) is 0 Å². The largest absolute Gasteiger partial charge is 0.376 e. The summed E-state index contributed by atoms with van der Waals surface area (Å²) >= 11 is 5.75. The summed E-state index contributed by atoms with van der Waals surface area (Å²) in [5, 5.41) is 5.94. The molecule has 1 aliphatic heterocycles. The molecule has 1 saturated heterocycles. The number of amides is 2. The summed E-state index contributed by atoms with van der Waals surface area (Å²) in [4.78, 5) is 23.3. The molecule has 1 aromatic carbocycles. The van der Waals surface area contributed by atoms with E-state index in [2.05, 4.69) is 10.6 Å². The molecule has 1 unspecified atom stereocenters. The normalized spacial score (nSPS) is 17.8. The second-order valence-electron chi connectivity index (χ2n) is 4.67. The predicted octanol–water partition coefficient (Wildman–Crippen LogP) is 1.96. The van der Waals surface area contributed by atoms with Crippen LogP contribution in [-0.2, 0) is 14.3 Å². The minimum atomic E-state index is -0.350. The predicted molar refractivity (Wildman–Crippen MR) is 76.7 cm³/mol. The number of hydrogen-bond donors (Lipinski definition) is 2. The third-order valence-corrected chi connectivity index (χ3v) is 3.25. The van der Waals surface area contributed by atoms with Crippen molar-refractivity contribution >= 4 is 29.1 Å². The van der Waals surface area contributed by atoms with E-state index in [1.807, 2.05) is 0 Å². The molecule has 2 amide bonds. The molecule has 0 aromatic heterocycles. The lowest BCUT2D eigenvalue weighted by atomic mass is 10.2. The molecule has 108 valence electrons. The monoisotopic (exact) mass is 296 g/mol. The van der Waals surface area contributed by atoms with Crippen LogP contribution in [-0.4, -0.2) is 31.1 Å². The third-order valence-electron chi connectivity index (χ3n) is 3.00. The van der Waals surface area contributed by atoms with E-state index in [-0.39, 0.29) is 24.3 Å². The van der Waals surface area contributed by atoms with E-state index >= 15 is 0 Å². The van der Waals surface area contributed by atoms with Crippen LogP contribution in [0.1, 0.15) is 19.3 Å². The molecule has 1 heterocycles. The molecule has 1 atom stereocenters. The second-order valence-corrected chi connectivity index (χ2v) is 5.11. The molecule has 0 saturated carbocycles. The van der Waals surface area contributed by atoms with Gasteiger partial charge in [-0.05, 0) is 37.1 Å². The van der Waals surface area contributed by atoms with E-state index in [0.717, 1.165) is 19.4 Å². The molecule has 2 rings (SSSR count). The Morgan fingerprint density at radius 1 is 1.25 bits per heavy atom. The Balaban J connectivity index is 1.70. The number of carbonyl (C=O) groups excluding carboxylic acids is 2. The van der Waals surface area contributed by atoms with Crippen molar-refractivity contribution in [2.24, 2.45) is 0 Å². The van der Waals surface area contributed by atoms with Gasteiger partial charge in [0, 0.05) is 23.9 Å². The van der Waals surface area contributed by atoms with Crippen molar-refractivity contribution in [1.82, 2.24) is 5.32 Å². The summed E-state index contributed by atoms with van der Waals surface area (Å²) in [5.74, 6) is -0.649. The van der Waals surface area contributed by atoms with Crippen LogP contribution in [0.3, 0.4) is 0 Å². The van der Waals surface area contributed by atoms with Crippen molar-refractivity contribution in [2.45, 2.75) is 25.4 Å². The molecule has 1 aromatic rings. The summed E-state index contributed by atoms with van der Waals surface area (Å²) in [7, 11) is 0. The first-order valence-electron chi connectivity index (χ1n) is 6.57. The average Bonchev–Trinajstić information content (AvgIpc) is 2.92. The average molecular weight is 297 g/mol. The maximum atomic E-state index is 11.7. The molecule has 0 spiro atoms. The molecule has 2 N–H and O–H groups in total. The highest BCUT2D eigenvalue weighted by molar-refractivity contribution is 6.30. The fraction of sp³-hybridized carbons (Fsp3) is 0.429. The minimum Gasteiger partial charge on any atom is -0.376 e. The number of nitrogens with one attached hydrogen (secondary N) is 2. The Kier molecular flexibility index (Phi) is 5.38. The van der Waals surface area contributed by atoms with Crippen molar-refractivity contribution < 1.29 is 14.3 Å². The lowest BCUT2D eigenvalue weighted by Gasteiger charge is -2.10. The number of carbonyl (C=O) groups is 2. The van der Waals surface area contributed by atoms with Gasteiger partial charge >= 0.3 is 0 Å². The van der Waals surface area contributed by atoms with Crippen molar-refractivity contribution in [3.05, 3.63) is 29.3 Å². The molecule has 0 bridgehead atoms. The SMILES string of the molecule is O=C(CC(=O)Nc1ccc(Cl)cc1)NCC1CCCO1. The molecular weight excluding hydrogens is 280 g/mol. The molecule has 6 heteroatoms. The lowest BCUT2D eigenvalue weighted by molar-refractivity contribution is -0.127. The Bertz CT molecular complexity index is 470. The summed E-state index contributed by atoms with van der Waals surface area (Å²) in [6.07, 6.45) is 1.86. The van der Waals surface area contributed by atoms with E-state index in [4.69, 9.17) is 16.3 Å². The number of rotatable bonds is 5. The highest BCUT2D eigenvalue weighted by Crippen LogP contribution is 2.13. The molecule has 20 heavy (non-hydrogen) atoms. The molecule has 1 aliphatic rings. The number of halogens is 1. The maximum Gasteiger partial charge on any atom is 0.233 e. The minimum absolute atomic E-state index is 0.0817. The highest BCUT2D eigenvalue weighted by Gasteiger charge is 2.17. The van der Waals surface area contributed by atoms with Gasteiger partial charge in [0.1, 0.15) is 6.42 Å². The van der Waals surface area contributed by atoms with Crippen LogP contribution in [0, 0.1) is 0 Å². The van der Waals surface area contributed by atoms with Crippen molar-refractivity contribution in [3.8, 4) is 0 Å².